The molecule has 0 unspecified atom stereocenters. The minimum atomic E-state index is 0.0109. The summed E-state index contributed by atoms with van der Waals surface area (Å²) in [5, 5.41) is 20.7. The molecule has 0 aromatic carbocycles. The number of nitrogen functional groups attached to an aromatic ring is 1. The van der Waals surface area contributed by atoms with Crippen molar-refractivity contribution in [1.29, 1.82) is 10.5 Å². The van der Waals surface area contributed by atoms with Gasteiger partial charge in [-0.05, 0) is 18.6 Å². The Hall–Kier alpha value is -3.39. The summed E-state index contributed by atoms with van der Waals surface area (Å²) in [6, 6.07) is 7.67. The largest absolute Gasteiger partial charge is 0.393 e. The van der Waals surface area contributed by atoms with Gasteiger partial charge >= 0.3 is 0 Å². The first-order chi connectivity index (χ1) is 10.7. The number of nitrogens with two attached hydrogens (primary N) is 1. The Morgan fingerprint density at radius 1 is 1.18 bits per heavy atom. The molecule has 0 fully saturated rings. The number of hydrogen-bond acceptors (Lipinski definition) is 8. The highest BCUT2D eigenvalue weighted by molar-refractivity contribution is 5.77. The highest BCUT2D eigenvalue weighted by Gasteiger charge is 2.15. The lowest BCUT2D eigenvalue weighted by Gasteiger charge is -2.19. The van der Waals surface area contributed by atoms with Gasteiger partial charge in [0.1, 0.15) is 30.9 Å². The Balaban J connectivity index is 2.30. The van der Waals surface area contributed by atoms with Gasteiger partial charge in [-0.15, -0.1) is 0 Å². The molecule has 0 aliphatic carbocycles. The molecule has 3 N–H and O–H groups in total. The summed E-state index contributed by atoms with van der Waals surface area (Å²) in [6.07, 6.45) is 3.04. The summed E-state index contributed by atoms with van der Waals surface area (Å²) < 4.78 is 0. The van der Waals surface area contributed by atoms with Crippen molar-refractivity contribution >= 4 is 23.1 Å². The monoisotopic (exact) mass is 294 g/mol. The fraction of sp³-hybridized carbons (Fsp3) is 0.214. The Morgan fingerprint density at radius 2 is 1.91 bits per heavy atom. The van der Waals surface area contributed by atoms with E-state index in [-0.39, 0.29) is 18.8 Å². The number of nitrogens with zero attached hydrogens (tertiary/aromatic N) is 6. The highest BCUT2D eigenvalue weighted by atomic mass is 15.2. The van der Waals surface area contributed by atoms with Crippen LogP contribution in [0.1, 0.15) is 5.56 Å². The molecule has 0 bridgehead atoms. The first kappa shape index (κ1) is 15.0. The molecule has 0 aliphatic rings. The number of pyridine rings is 1. The molecule has 110 valence electrons. The van der Waals surface area contributed by atoms with Gasteiger partial charge in [-0.1, -0.05) is 6.07 Å². The number of anilines is 4. The van der Waals surface area contributed by atoms with E-state index in [1.807, 2.05) is 25.1 Å². The molecular weight excluding hydrogens is 280 g/mol. The summed E-state index contributed by atoms with van der Waals surface area (Å²) in [6.45, 7) is 1.96. The Labute approximate surface area is 127 Å². The predicted octanol–water partition coefficient (Wildman–Crippen LogP) is 1.36. The Kier molecular flexibility index (Phi) is 4.68. The zero-order valence-electron chi connectivity index (χ0n) is 12.0. The number of hydrogen-bond donors (Lipinski definition) is 2. The van der Waals surface area contributed by atoms with Crippen molar-refractivity contribution < 1.29 is 0 Å². The van der Waals surface area contributed by atoms with Crippen molar-refractivity contribution in [3.05, 3.63) is 30.2 Å². The van der Waals surface area contributed by atoms with Crippen LogP contribution >= 0.6 is 0 Å². The van der Waals surface area contributed by atoms with E-state index in [1.54, 1.807) is 12.3 Å². The fourth-order valence-electron chi connectivity index (χ4n) is 1.78. The quantitative estimate of drug-likeness (QED) is 0.791. The second-order valence-corrected chi connectivity index (χ2v) is 4.48. The van der Waals surface area contributed by atoms with Crippen LogP contribution in [0.5, 0.6) is 0 Å². The van der Waals surface area contributed by atoms with E-state index < -0.39 is 0 Å². The third-order valence-corrected chi connectivity index (χ3v) is 2.84. The van der Waals surface area contributed by atoms with Crippen molar-refractivity contribution in [3.63, 3.8) is 0 Å². The molecule has 8 nitrogen and oxygen atoms in total. The fourth-order valence-corrected chi connectivity index (χ4v) is 1.78. The lowest BCUT2D eigenvalue weighted by atomic mass is 10.3. The zero-order valence-corrected chi connectivity index (χ0v) is 12.0. The van der Waals surface area contributed by atoms with Gasteiger partial charge in [-0.25, -0.2) is 15.0 Å². The molecule has 2 rings (SSSR count). The normalized spacial score (nSPS) is 9.59. The van der Waals surface area contributed by atoms with Gasteiger partial charge in [0.2, 0.25) is 0 Å². The smallest absolute Gasteiger partial charge is 0.160 e. The van der Waals surface area contributed by atoms with Crippen LogP contribution in [-0.4, -0.2) is 28.0 Å². The molecule has 0 aliphatic heterocycles. The Bertz CT molecular complexity index is 710. The van der Waals surface area contributed by atoms with Crippen LogP contribution in [0.4, 0.5) is 23.1 Å². The Morgan fingerprint density at radius 3 is 2.50 bits per heavy atom. The SMILES string of the molecule is Cc1ccc(Nc2ncnc(N(CC#N)CC#N)c2N)nc1. The van der Waals surface area contributed by atoms with E-state index in [0.717, 1.165) is 5.56 Å². The standard InChI is InChI=1S/C14H14N8/c1-10-2-3-11(18-8-10)21-13-12(17)14(20-9-19-13)22(6-4-15)7-5-16/h2-3,8-9H,6-7,17H2,1H3,(H,18,19,20,21). The second-order valence-electron chi connectivity index (χ2n) is 4.48. The van der Waals surface area contributed by atoms with Gasteiger partial charge in [0, 0.05) is 6.20 Å². The summed E-state index contributed by atoms with van der Waals surface area (Å²) in [5.74, 6) is 1.31. The maximum absolute atomic E-state index is 8.84. The van der Waals surface area contributed by atoms with E-state index in [2.05, 4.69) is 20.3 Å². The molecule has 0 saturated carbocycles. The third kappa shape index (κ3) is 3.38. The van der Waals surface area contributed by atoms with Crippen LogP contribution in [0.25, 0.3) is 0 Å². The van der Waals surface area contributed by atoms with Crippen molar-refractivity contribution in [3.8, 4) is 12.1 Å². The molecule has 0 radical (unpaired) electrons. The van der Waals surface area contributed by atoms with Gasteiger partial charge in [-0.2, -0.15) is 10.5 Å². The molecule has 0 saturated heterocycles. The number of aryl methyl sites for hydroxylation is 1. The van der Waals surface area contributed by atoms with Crippen LogP contribution in [0.15, 0.2) is 24.7 Å². The summed E-state index contributed by atoms with van der Waals surface area (Å²) in [5.41, 5.74) is 7.34. The van der Waals surface area contributed by atoms with Crippen LogP contribution < -0.4 is 16.0 Å². The molecule has 2 heterocycles. The molecule has 2 aromatic heterocycles. The van der Waals surface area contributed by atoms with Gasteiger partial charge in [0.25, 0.3) is 0 Å². The van der Waals surface area contributed by atoms with E-state index in [1.165, 1.54) is 11.2 Å². The van der Waals surface area contributed by atoms with E-state index in [0.29, 0.717) is 17.5 Å². The molecule has 0 spiro atoms. The summed E-state index contributed by atoms with van der Waals surface area (Å²) in [4.78, 5) is 13.8. The van der Waals surface area contributed by atoms with Crippen molar-refractivity contribution in [2.75, 3.05) is 29.0 Å². The van der Waals surface area contributed by atoms with Crippen LogP contribution in [0, 0.1) is 29.6 Å². The third-order valence-electron chi connectivity index (χ3n) is 2.84. The average molecular weight is 294 g/mol. The number of nitriles is 2. The van der Waals surface area contributed by atoms with Gasteiger partial charge in [0.05, 0.1) is 12.1 Å². The van der Waals surface area contributed by atoms with E-state index in [9.17, 15) is 0 Å². The maximum atomic E-state index is 8.84. The van der Waals surface area contributed by atoms with Crippen LogP contribution in [-0.2, 0) is 0 Å². The lowest BCUT2D eigenvalue weighted by Crippen LogP contribution is -2.26. The average Bonchev–Trinajstić information content (AvgIpc) is 2.51. The highest BCUT2D eigenvalue weighted by Crippen LogP contribution is 2.27. The molecule has 0 amide bonds. The van der Waals surface area contributed by atoms with E-state index in [4.69, 9.17) is 16.3 Å². The number of nitrogens with one attached hydrogen (secondary N) is 1. The molecule has 22 heavy (non-hydrogen) atoms. The van der Waals surface area contributed by atoms with Crippen molar-refractivity contribution in [1.82, 2.24) is 15.0 Å². The van der Waals surface area contributed by atoms with Crippen LogP contribution in [0.3, 0.4) is 0 Å². The minimum absolute atomic E-state index is 0.0109. The number of rotatable bonds is 5. The first-order valence-corrected chi connectivity index (χ1v) is 6.44. The van der Waals surface area contributed by atoms with Crippen molar-refractivity contribution in [2.45, 2.75) is 6.92 Å². The number of aromatic nitrogens is 3. The van der Waals surface area contributed by atoms with E-state index >= 15 is 0 Å². The van der Waals surface area contributed by atoms with Crippen LogP contribution in [0.2, 0.25) is 0 Å². The van der Waals surface area contributed by atoms with Gasteiger partial charge < -0.3 is 16.0 Å². The van der Waals surface area contributed by atoms with Crippen molar-refractivity contribution in [2.24, 2.45) is 0 Å². The topological polar surface area (TPSA) is 128 Å². The lowest BCUT2D eigenvalue weighted by molar-refractivity contribution is 0.929. The maximum Gasteiger partial charge on any atom is 0.160 e. The minimum Gasteiger partial charge on any atom is -0.393 e. The molecule has 8 heteroatoms. The van der Waals surface area contributed by atoms with Gasteiger partial charge in [0.15, 0.2) is 11.6 Å². The summed E-state index contributed by atoms with van der Waals surface area (Å²) in [7, 11) is 0. The molecular formula is C14H14N8. The zero-order chi connectivity index (χ0) is 15.9. The first-order valence-electron chi connectivity index (χ1n) is 6.44. The molecule has 0 atom stereocenters. The second kappa shape index (κ2) is 6.86. The predicted molar refractivity (Wildman–Crippen MR) is 82.1 cm³/mol. The summed E-state index contributed by atoms with van der Waals surface area (Å²) >= 11 is 0. The molecule has 2 aromatic rings. The van der Waals surface area contributed by atoms with Gasteiger partial charge in [-0.3, -0.25) is 0 Å².